The van der Waals surface area contributed by atoms with Crippen LogP contribution >= 0.6 is 0 Å². The monoisotopic (exact) mass is 353 g/mol. The molecule has 1 aliphatic rings. The molecule has 1 aliphatic heterocycles. The highest BCUT2D eigenvalue weighted by molar-refractivity contribution is 6.08. The van der Waals surface area contributed by atoms with E-state index in [1.54, 1.807) is 37.3 Å². The van der Waals surface area contributed by atoms with Crippen LogP contribution in [0.3, 0.4) is 0 Å². The van der Waals surface area contributed by atoms with Gasteiger partial charge in [-0.25, -0.2) is 0 Å². The minimum absolute atomic E-state index is 0.198. The normalized spacial score (nSPS) is 15.8. The molecular formula is C19H19N3O4. The number of hydrogen-bond donors (Lipinski definition) is 2. The van der Waals surface area contributed by atoms with Crippen molar-refractivity contribution in [3.63, 3.8) is 0 Å². The summed E-state index contributed by atoms with van der Waals surface area (Å²) in [7, 11) is 0. The number of para-hydroxylation sites is 1. The fraction of sp³-hybridized carbons (Fsp3) is 0.211. The zero-order valence-corrected chi connectivity index (χ0v) is 14.5. The number of nitrogens with one attached hydrogen (secondary N) is 1. The van der Waals surface area contributed by atoms with Gasteiger partial charge in [0, 0.05) is 0 Å². The molecule has 0 fully saturated rings. The Morgan fingerprint density at radius 3 is 2.69 bits per heavy atom. The van der Waals surface area contributed by atoms with E-state index >= 15 is 0 Å². The Labute approximate surface area is 150 Å². The van der Waals surface area contributed by atoms with Crippen LogP contribution in [0.5, 0.6) is 5.75 Å². The van der Waals surface area contributed by atoms with Crippen molar-refractivity contribution in [3.8, 4) is 5.75 Å². The van der Waals surface area contributed by atoms with E-state index in [2.05, 4.69) is 5.32 Å². The Hall–Kier alpha value is -3.35. The number of anilines is 2. The molecule has 1 heterocycles. The summed E-state index contributed by atoms with van der Waals surface area (Å²) in [6, 6.07) is 11.9. The number of benzene rings is 2. The number of carbonyl (C=O) groups excluding carboxylic acids is 3. The molecule has 2 aromatic carbocycles. The Morgan fingerprint density at radius 1 is 1.23 bits per heavy atom. The second kappa shape index (κ2) is 6.87. The highest BCUT2D eigenvalue weighted by Crippen LogP contribution is 2.34. The Kier molecular flexibility index (Phi) is 4.62. The number of hydrogen-bond acceptors (Lipinski definition) is 4. The zero-order chi connectivity index (χ0) is 18.8. The van der Waals surface area contributed by atoms with Crippen LogP contribution in [-0.2, 0) is 9.59 Å². The van der Waals surface area contributed by atoms with Gasteiger partial charge in [0.1, 0.15) is 12.3 Å². The summed E-state index contributed by atoms with van der Waals surface area (Å²) in [5.74, 6) is -0.832. The number of rotatable bonds is 4. The topological polar surface area (TPSA) is 102 Å². The van der Waals surface area contributed by atoms with Gasteiger partial charge in [-0.15, -0.1) is 0 Å². The van der Waals surface area contributed by atoms with Gasteiger partial charge in [0.2, 0.25) is 5.91 Å². The molecule has 0 saturated carbocycles. The van der Waals surface area contributed by atoms with Crippen molar-refractivity contribution < 1.29 is 19.1 Å². The molecule has 134 valence electrons. The first-order valence-electron chi connectivity index (χ1n) is 8.14. The van der Waals surface area contributed by atoms with Crippen LogP contribution in [0, 0.1) is 6.92 Å². The van der Waals surface area contributed by atoms with Gasteiger partial charge in [0.15, 0.2) is 6.10 Å². The van der Waals surface area contributed by atoms with Gasteiger partial charge in [0.05, 0.1) is 16.9 Å². The molecule has 2 aromatic rings. The predicted molar refractivity (Wildman–Crippen MR) is 97.2 cm³/mol. The Balaban J connectivity index is 1.84. The van der Waals surface area contributed by atoms with Crippen LogP contribution in [-0.4, -0.2) is 30.4 Å². The highest BCUT2D eigenvalue weighted by atomic mass is 16.5. The van der Waals surface area contributed by atoms with E-state index in [9.17, 15) is 14.4 Å². The Bertz CT molecular complexity index is 894. The summed E-state index contributed by atoms with van der Waals surface area (Å²) in [4.78, 5) is 37.9. The SMILES string of the molecule is Cc1ccc2c(c1)N(CC(=O)Nc1ccccc1C(N)=O)C(=O)C(C)O2. The first kappa shape index (κ1) is 17.5. The van der Waals surface area contributed by atoms with Crippen molar-refractivity contribution in [2.45, 2.75) is 20.0 Å². The largest absolute Gasteiger partial charge is 0.479 e. The molecule has 0 aromatic heterocycles. The standard InChI is InChI=1S/C19H19N3O4/c1-11-7-8-16-15(9-11)22(19(25)12(2)26-16)10-17(23)21-14-6-4-3-5-13(14)18(20)24/h3-9,12H,10H2,1-2H3,(H2,20,24)(H,21,23). The van der Waals surface area contributed by atoms with E-state index in [0.29, 0.717) is 17.1 Å². The number of ether oxygens (including phenoxy) is 1. The van der Waals surface area contributed by atoms with E-state index < -0.39 is 17.9 Å². The minimum atomic E-state index is -0.684. The van der Waals surface area contributed by atoms with Gasteiger partial charge >= 0.3 is 0 Å². The van der Waals surface area contributed by atoms with Crippen molar-refractivity contribution in [1.29, 1.82) is 0 Å². The highest BCUT2D eigenvalue weighted by Gasteiger charge is 2.32. The smallest absolute Gasteiger partial charge is 0.268 e. The third kappa shape index (κ3) is 3.37. The lowest BCUT2D eigenvalue weighted by Gasteiger charge is -2.32. The summed E-state index contributed by atoms with van der Waals surface area (Å²) in [5.41, 5.74) is 7.33. The maximum absolute atomic E-state index is 12.5. The average Bonchev–Trinajstić information content (AvgIpc) is 2.60. The quantitative estimate of drug-likeness (QED) is 0.876. The van der Waals surface area contributed by atoms with E-state index in [1.807, 2.05) is 13.0 Å². The molecule has 26 heavy (non-hydrogen) atoms. The first-order valence-corrected chi connectivity index (χ1v) is 8.14. The van der Waals surface area contributed by atoms with Crippen molar-refractivity contribution in [1.82, 2.24) is 0 Å². The fourth-order valence-electron chi connectivity index (χ4n) is 2.82. The third-order valence-electron chi connectivity index (χ3n) is 4.09. The van der Waals surface area contributed by atoms with Gasteiger partial charge in [-0.1, -0.05) is 18.2 Å². The molecule has 3 N–H and O–H groups in total. The van der Waals surface area contributed by atoms with Crippen molar-refractivity contribution >= 4 is 29.1 Å². The molecule has 0 spiro atoms. The second-order valence-electron chi connectivity index (χ2n) is 6.11. The molecule has 3 rings (SSSR count). The van der Waals surface area contributed by atoms with E-state index in [-0.39, 0.29) is 18.0 Å². The van der Waals surface area contributed by atoms with Crippen LogP contribution in [0.2, 0.25) is 0 Å². The molecule has 3 amide bonds. The number of primary amides is 1. The molecule has 7 nitrogen and oxygen atoms in total. The summed E-state index contributed by atoms with van der Waals surface area (Å²) in [5, 5.41) is 2.65. The Morgan fingerprint density at radius 2 is 1.96 bits per heavy atom. The van der Waals surface area contributed by atoms with E-state index in [0.717, 1.165) is 5.56 Å². The van der Waals surface area contributed by atoms with Crippen molar-refractivity contribution in [2.75, 3.05) is 16.8 Å². The van der Waals surface area contributed by atoms with Crippen molar-refractivity contribution in [2.24, 2.45) is 5.73 Å². The summed E-state index contributed by atoms with van der Waals surface area (Å²) >= 11 is 0. The van der Waals surface area contributed by atoms with Gasteiger partial charge in [-0.3, -0.25) is 19.3 Å². The number of amides is 3. The van der Waals surface area contributed by atoms with Gasteiger partial charge in [-0.05, 0) is 43.7 Å². The van der Waals surface area contributed by atoms with Crippen LogP contribution in [0.15, 0.2) is 42.5 Å². The second-order valence-corrected chi connectivity index (χ2v) is 6.11. The lowest BCUT2D eigenvalue weighted by atomic mass is 10.1. The zero-order valence-electron chi connectivity index (χ0n) is 14.5. The molecule has 0 radical (unpaired) electrons. The summed E-state index contributed by atoms with van der Waals surface area (Å²) in [6.45, 7) is 3.33. The molecule has 0 saturated heterocycles. The van der Waals surface area contributed by atoms with E-state index in [4.69, 9.17) is 10.5 Å². The maximum atomic E-state index is 12.5. The number of nitrogens with two attached hydrogens (primary N) is 1. The molecule has 0 aliphatic carbocycles. The van der Waals surface area contributed by atoms with Crippen LogP contribution in [0.4, 0.5) is 11.4 Å². The van der Waals surface area contributed by atoms with E-state index in [1.165, 1.54) is 11.0 Å². The third-order valence-corrected chi connectivity index (χ3v) is 4.09. The molecule has 1 atom stereocenters. The lowest BCUT2D eigenvalue weighted by Crippen LogP contribution is -2.47. The van der Waals surface area contributed by atoms with Gasteiger partial charge < -0.3 is 15.8 Å². The summed E-state index contributed by atoms with van der Waals surface area (Å²) < 4.78 is 5.60. The molecule has 0 bridgehead atoms. The number of fused-ring (bicyclic) bond motifs is 1. The van der Waals surface area contributed by atoms with Gasteiger partial charge in [0.25, 0.3) is 11.8 Å². The minimum Gasteiger partial charge on any atom is -0.479 e. The molecule has 7 heteroatoms. The van der Waals surface area contributed by atoms with Crippen LogP contribution < -0.4 is 20.7 Å². The van der Waals surface area contributed by atoms with Crippen LogP contribution in [0.1, 0.15) is 22.8 Å². The van der Waals surface area contributed by atoms with Gasteiger partial charge in [-0.2, -0.15) is 0 Å². The van der Waals surface area contributed by atoms with Crippen LogP contribution in [0.25, 0.3) is 0 Å². The maximum Gasteiger partial charge on any atom is 0.268 e. The fourth-order valence-corrected chi connectivity index (χ4v) is 2.82. The number of carbonyl (C=O) groups is 3. The molecular weight excluding hydrogens is 334 g/mol. The van der Waals surface area contributed by atoms with Crippen molar-refractivity contribution in [3.05, 3.63) is 53.6 Å². The number of nitrogens with zero attached hydrogens (tertiary/aromatic N) is 1. The summed E-state index contributed by atoms with van der Waals surface area (Å²) in [6.07, 6.45) is -0.684. The predicted octanol–water partition coefficient (Wildman–Crippen LogP) is 1.85. The molecule has 1 unspecified atom stereocenters. The number of aryl methyl sites for hydroxylation is 1. The lowest BCUT2D eigenvalue weighted by molar-refractivity contribution is -0.127. The average molecular weight is 353 g/mol. The first-order chi connectivity index (χ1) is 12.4.